The Hall–Kier alpha value is -3.85. The van der Waals surface area contributed by atoms with Crippen LogP contribution in [0.3, 0.4) is 0 Å². The lowest BCUT2D eigenvalue weighted by Crippen LogP contribution is -2.36. The molecule has 1 heterocycles. The van der Waals surface area contributed by atoms with Crippen molar-refractivity contribution in [3.8, 4) is 5.75 Å². The number of amides is 3. The molecule has 9 heteroatoms. The molecule has 0 spiro atoms. The first-order valence-corrected chi connectivity index (χ1v) is 9.91. The van der Waals surface area contributed by atoms with Crippen LogP contribution in [-0.4, -0.2) is 44.7 Å². The van der Waals surface area contributed by atoms with Gasteiger partial charge in [-0.2, -0.15) is 0 Å². The van der Waals surface area contributed by atoms with E-state index < -0.39 is 35.3 Å². The number of hydrogen-bond donors (Lipinski definition) is 3. The predicted molar refractivity (Wildman–Crippen MR) is 117 cm³/mol. The van der Waals surface area contributed by atoms with E-state index in [1.54, 1.807) is 13.0 Å². The molecule has 3 amide bonds. The number of rotatable bonds is 6. The van der Waals surface area contributed by atoms with Gasteiger partial charge in [-0.15, -0.1) is 0 Å². The van der Waals surface area contributed by atoms with Crippen LogP contribution < -0.4 is 5.32 Å². The van der Waals surface area contributed by atoms with Gasteiger partial charge in [-0.05, 0) is 54.1 Å². The Morgan fingerprint density at radius 3 is 2.52 bits per heavy atom. The number of anilines is 1. The Kier molecular flexibility index (Phi) is 6.56. The molecule has 1 aliphatic heterocycles. The van der Waals surface area contributed by atoms with Crippen LogP contribution in [-0.2, 0) is 9.59 Å². The predicted octanol–water partition coefficient (Wildman–Crippen LogP) is 3.71. The van der Waals surface area contributed by atoms with Crippen molar-refractivity contribution in [3.63, 3.8) is 0 Å². The molecule has 0 saturated carbocycles. The van der Waals surface area contributed by atoms with E-state index in [-0.39, 0.29) is 16.2 Å². The summed E-state index contributed by atoms with van der Waals surface area (Å²) in [6, 6.07) is 13.0. The van der Waals surface area contributed by atoms with Crippen molar-refractivity contribution in [2.24, 2.45) is 0 Å². The molecule has 0 radical (unpaired) electrons. The molecule has 3 rings (SSSR count). The Morgan fingerprint density at radius 1 is 1.13 bits per heavy atom. The minimum atomic E-state index is -1.36. The average Bonchev–Trinajstić information content (AvgIpc) is 2.97. The number of imide groups is 1. The Morgan fingerprint density at radius 2 is 1.84 bits per heavy atom. The molecule has 0 aromatic heterocycles. The number of allylic oxidation sites excluding steroid dienone is 2. The molecule has 0 bridgehead atoms. The van der Waals surface area contributed by atoms with Crippen LogP contribution in [0.2, 0.25) is 0 Å². The highest BCUT2D eigenvalue weighted by atomic mass is 32.2. The van der Waals surface area contributed by atoms with E-state index in [0.717, 1.165) is 39.9 Å². The minimum absolute atomic E-state index is 0.115. The maximum Gasteiger partial charge on any atom is 0.339 e. The van der Waals surface area contributed by atoms with Crippen molar-refractivity contribution in [2.75, 3.05) is 11.9 Å². The highest BCUT2D eigenvalue weighted by molar-refractivity contribution is 8.18. The Balaban J connectivity index is 1.68. The van der Waals surface area contributed by atoms with E-state index in [1.165, 1.54) is 6.07 Å². The highest BCUT2D eigenvalue weighted by Gasteiger charge is 2.36. The lowest BCUT2D eigenvalue weighted by Gasteiger charge is -2.13. The maximum absolute atomic E-state index is 12.6. The van der Waals surface area contributed by atoms with Gasteiger partial charge in [0, 0.05) is 5.69 Å². The standard InChI is InChI=1S/C22H18N2O6S/c1-13(9-14-5-3-2-4-6-14)10-18-20(27)24(22(30)31-18)12-19(26)23-15-7-8-17(25)16(11-15)21(28)29/h2-11,25H,12H2,1H3,(H,23,26)(H,28,29)/b13-9+,18-10-. The number of thioether (sulfide) groups is 1. The minimum Gasteiger partial charge on any atom is -0.507 e. The number of aromatic carboxylic acids is 1. The summed E-state index contributed by atoms with van der Waals surface area (Å²) in [5.41, 5.74) is 1.45. The number of nitrogens with zero attached hydrogens (tertiary/aromatic N) is 1. The number of hydrogen-bond acceptors (Lipinski definition) is 6. The second-order valence-electron chi connectivity index (χ2n) is 6.65. The van der Waals surface area contributed by atoms with Crippen molar-refractivity contribution in [1.82, 2.24) is 4.90 Å². The fraction of sp³-hybridized carbons (Fsp3) is 0.0909. The number of carbonyl (C=O) groups is 4. The van der Waals surface area contributed by atoms with Gasteiger partial charge >= 0.3 is 5.97 Å². The average molecular weight is 438 g/mol. The molecule has 0 atom stereocenters. The number of nitrogens with one attached hydrogen (secondary N) is 1. The molecule has 2 aromatic carbocycles. The summed E-state index contributed by atoms with van der Waals surface area (Å²) in [4.78, 5) is 49.2. The van der Waals surface area contributed by atoms with E-state index in [1.807, 2.05) is 36.4 Å². The van der Waals surface area contributed by atoms with Gasteiger partial charge in [0.2, 0.25) is 5.91 Å². The van der Waals surface area contributed by atoms with E-state index in [4.69, 9.17) is 5.11 Å². The first-order valence-electron chi connectivity index (χ1n) is 9.09. The van der Waals surface area contributed by atoms with Gasteiger partial charge in [0.1, 0.15) is 17.9 Å². The van der Waals surface area contributed by atoms with E-state index in [0.29, 0.717) is 0 Å². The van der Waals surface area contributed by atoms with Crippen LogP contribution in [0.1, 0.15) is 22.8 Å². The number of carboxylic acid groups (broad SMARTS) is 1. The maximum atomic E-state index is 12.6. The zero-order valence-electron chi connectivity index (χ0n) is 16.4. The molecule has 2 aromatic rings. The third-order valence-electron chi connectivity index (χ3n) is 4.24. The zero-order chi connectivity index (χ0) is 22.5. The smallest absolute Gasteiger partial charge is 0.339 e. The molecule has 158 valence electrons. The number of phenols is 1. The summed E-state index contributed by atoms with van der Waals surface area (Å²) in [5, 5.41) is 20.4. The van der Waals surface area contributed by atoms with Crippen LogP contribution in [0.5, 0.6) is 5.75 Å². The van der Waals surface area contributed by atoms with Crippen LogP contribution in [0.25, 0.3) is 6.08 Å². The molecule has 31 heavy (non-hydrogen) atoms. The second kappa shape index (κ2) is 9.31. The summed E-state index contributed by atoms with van der Waals surface area (Å²) in [7, 11) is 0. The topological polar surface area (TPSA) is 124 Å². The fourth-order valence-electron chi connectivity index (χ4n) is 2.83. The van der Waals surface area contributed by atoms with Crippen molar-refractivity contribution in [3.05, 3.63) is 76.2 Å². The van der Waals surface area contributed by atoms with Crippen molar-refractivity contribution in [1.29, 1.82) is 0 Å². The molecule has 1 fully saturated rings. The van der Waals surface area contributed by atoms with Crippen molar-refractivity contribution < 1.29 is 29.4 Å². The Labute approximate surface area is 181 Å². The molecule has 1 aliphatic rings. The van der Waals surface area contributed by atoms with Crippen LogP contribution in [0, 0.1) is 0 Å². The van der Waals surface area contributed by atoms with Gasteiger partial charge in [0.15, 0.2) is 0 Å². The molecule has 0 unspecified atom stereocenters. The second-order valence-corrected chi connectivity index (χ2v) is 7.65. The van der Waals surface area contributed by atoms with Crippen LogP contribution in [0.15, 0.2) is 65.1 Å². The van der Waals surface area contributed by atoms with E-state index in [2.05, 4.69) is 5.32 Å². The monoisotopic (exact) mass is 438 g/mol. The summed E-state index contributed by atoms with van der Waals surface area (Å²) >= 11 is 0.744. The van der Waals surface area contributed by atoms with Gasteiger partial charge in [0.05, 0.1) is 4.91 Å². The Bertz CT molecular complexity index is 1120. The SMILES string of the molecule is CC(/C=C1\SC(=O)N(CC(=O)Nc2ccc(O)c(C(=O)O)c2)C1=O)=C\c1ccccc1. The third kappa shape index (κ3) is 5.40. The van der Waals surface area contributed by atoms with Gasteiger partial charge in [-0.1, -0.05) is 36.4 Å². The largest absolute Gasteiger partial charge is 0.507 e. The molecular formula is C22H18N2O6S. The number of carbonyl (C=O) groups excluding carboxylic acids is 3. The van der Waals surface area contributed by atoms with Gasteiger partial charge in [-0.3, -0.25) is 19.3 Å². The fourth-order valence-corrected chi connectivity index (χ4v) is 3.71. The zero-order valence-corrected chi connectivity index (χ0v) is 17.2. The molecule has 0 aliphatic carbocycles. The number of benzene rings is 2. The first kappa shape index (κ1) is 21.8. The van der Waals surface area contributed by atoms with Crippen LogP contribution in [0.4, 0.5) is 10.5 Å². The van der Waals surface area contributed by atoms with Gasteiger partial charge in [-0.25, -0.2) is 4.79 Å². The van der Waals surface area contributed by atoms with E-state index >= 15 is 0 Å². The summed E-state index contributed by atoms with van der Waals surface area (Å²) in [6.07, 6.45) is 3.46. The van der Waals surface area contributed by atoms with E-state index in [9.17, 15) is 24.3 Å². The normalized spacial score (nSPS) is 15.5. The third-order valence-corrected chi connectivity index (χ3v) is 5.15. The summed E-state index contributed by atoms with van der Waals surface area (Å²) in [5.74, 6) is -3.06. The number of carboxylic acids is 1. The van der Waals surface area contributed by atoms with Crippen molar-refractivity contribution in [2.45, 2.75) is 6.92 Å². The van der Waals surface area contributed by atoms with Gasteiger partial charge < -0.3 is 15.5 Å². The highest BCUT2D eigenvalue weighted by Crippen LogP contribution is 2.31. The lowest BCUT2D eigenvalue weighted by molar-refractivity contribution is -0.127. The van der Waals surface area contributed by atoms with Gasteiger partial charge in [0.25, 0.3) is 11.1 Å². The van der Waals surface area contributed by atoms with Crippen molar-refractivity contribution >= 4 is 46.5 Å². The molecule has 3 N–H and O–H groups in total. The summed E-state index contributed by atoms with van der Waals surface area (Å²) < 4.78 is 0. The summed E-state index contributed by atoms with van der Waals surface area (Å²) in [6.45, 7) is 1.28. The lowest BCUT2D eigenvalue weighted by atomic mass is 10.1. The number of aromatic hydroxyl groups is 1. The molecular weight excluding hydrogens is 420 g/mol. The quantitative estimate of drug-likeness (QED) is 0.464. The molecule has 8 nitrogen and oxygen atoms in total. The molecule has 1 saturated heterocycles. The first-order chi connectivity index (χ1) is 14.7. The van der Waals surface area contributed by atoms with Crippen LogP contribution >= 0.6 is 11.8 Å².